The number of para-hydroxylation sites is 2. The summed E-state index contributed by atoms with van der Waals surface area (Å²) in [5.74, 6) is 0.382. The van der Waals surface area contributed by atoms with Crippen LogP contribution in [0.5, 0.6) is 11.5 Å². The van der Waals surface area contributed by atoms with Crippen molar-refractivity contribution in [3.8, 4) is 11.5 Å². The number of methoxy groups -OCH3 is 2. The lowest BCUT2D eigenvalue weighted by Crippen LogP contribution is -2.29. The van der Waals surface area contributed by atoms with Crippen molar-refractivity contribution in [3.63, 3.8) is 0 Å². The first-order chi connectivity index (χ1) is 17.0. The fraction of sp³-hybridized carbons (Fsp3) is 0.423. The number of amides is 2. The van der Waals surface area contributed by atoms with Gasteiger partial charge in [-0.15, -0.1) is 0 Å². The van der Waals surface area contributed by atoms with Gasteiger partial charge in [-0.3, -0.25) is 18.7 Å². The highest BCUT2D eigenvalue weighted by molar-refractivity contribution is 6.04. The molecule has 9 nitrogen and oxygen atoms in total. The molecule has 2 aromatic carbocycles. The van der Waals surface area contributed by atoms with Crippen LogP contribution in [0.3, 0.4) is 0 Å². The molecule has 0 atom stereocenters. The van der Waals surface area contributed by atoms with Gasteiger partial charge in [-0.05, 0) is 37.5 Å². The summed E-state index contributed by atoms with van der Waals surface area (Å²) >= 11 is 0. The molecule has 1 fully saturated rings. The molecule has 4 rings (SSSR count). The van der Waals surface area contributed by atoms with Crippen molar-refractivity contribution in [1.82, 2.24) is 14.0 Å². The number of nitrogens with one attached hydrogen (secondary N) is 1. The number of hydrogen-bond acceptors (Lipinski definition) is 5. The van der Waals surface area contributed by atoms with Crippen molar-refractivity contribution < 1.29 is 19.1 Å². The molecule has 186 valence electrons. The third-order valence-electron chi connectivity index (χ3n) is 6.36. The number of carbonyl (C=O) groups is 2. The van der Waals surface area contributed by atoms with Gasteiger partial charge in [0.1, 0.15) is 0 Å². The van der Waals surface area contributed by atoms with Crippen LogP contribution < -0.4 is 20.5 Å². The highest BCUT2D eigenvalue weighted by atomic mass is 16.5. The first kappa shape index (κ1) is 24.4. The fourth-order valence-electron chi connectivity index (χ4n) is 4.60. The quantitative estimate of drug-likeness (QED) is 0.506. The van der Waals surface area contributed by atoms with Crippen LogP contribution >= 0.6 is 0 Å². The Morgan fingerprint density at radius 1 is 0.943 bits per heavy atom. The van der Waals surface area contributed by atoms with Crippen LogP contribution in [-0.2, 0) is 17.9 Å². The lowest BCUT2D eigenvalue weighted by Gasteiger charge is -2.20. The Kier molecular flexibility index (Phi) is 7.43. The van der Waals surface area contributed by atoms with E-state index in [4.69, 9.17) is 9.47 Å². The summed E-state index contributed by atoms with van der Waals surface area (Å²) < 4.78 is 14.1. The first-order valence-electron chi connectivity index (χ1n) is 12.0. The molecular weight excluding hydrogens is 448 g/mol. The van der Waals surface area contributed by atoms with Gasteiger partial charge in [-0.2, -0.15) is 0 Å². The van der Waals surface area contributed by atoms with E-state index in [1.54, 1.807) is 26.2 Å². The Morgan fingerprint density at radius 3 is 2.14 bits per heavy atom. The van der Waals surface area contributed by atoms with Crippen molar-refractivity contribution in [3.05, 3.63) is 52.4 Å². The minimum atomic E-state index is -0.299. The zero-order chi connectivity index (χ0) is 24.9. The van der Waals surface area contributed by atoms with E-state index in [1.807, 2.05) is 31.2 Å². The van der Waals surface area contributed by atoms with Gasteiger partial charge < -0.3 is 19.7 Å². The van der Waals surface area contributed by atoms with Crippen molar-refractivity contribution in [2.75, 3.05) is 32.6 Å². The summed E-state index contributed by atoms with van der Waals surface area (Å²) in [4.78, 5) is 41.0. The molecule has 1 N–H and O–H groups in total. The molecule has 0 spiro atoms. The molecule has 3 aromatic rings. The largest absolute Gasteiger partial charge is 0.493 e. The predicted molar refractivity (Wildman–Crippen MR) is 134 cm³/mol. The highest BCUT2D eigenvalue weighted by Crippen LogP contribution is 2.34. The SMILES string of the molecule is CCCn1c(=O)n(CCC(=O)Nc2cc(OC)c(OC)cc2C(=O)N2CCCC2)c2ccccc21. The van der Waals surface area contributed by atoms with E-state index >= 15 is 0 Å². The van der Waals surface area contributed by atoms with Crippen LogP contribution in [0.15, 0.2) is 41.2 Å². The molecule has 1 aliphatic rings. The van der Waals surface area contributed by atoms with Gasteiger partial charge >= 0.3 is 5.69 Å². The first-order valence-corrected chi connectivity index (χ1v) is 12.0. The van der Waals surface area contributed by atoms with Crippen molar-refractivity contribution >= 4 is 28.5 Å². The molecule has 1 aromatic heterocycles. The number of anilines is 1. The second kappa shape index (κ2) is 10.7. The molecule has 35 heavy (non-hydrogen) atoms. The number of nitrogens with zero attached hydrogens (tertiary/aromatic N) is 3. The summed E-state index contributed by atoms with van der Waals surface area (Å²) in [7, 11) is 3.01. The van der Waals surface area contributed by atoms with Crippen LogP contribution in [0.1, 0.15) is 43.0 Å². The maximum Gasteiger partial charge on any atom is 0.329 e. The van der Waals surface area contributed by atoms with Gasteiger partial charge in [0.05, 0.1) is 36.5 Å². The monoisotopic (exact) mass is 480 g/mol. The Labute approximate surface area is 204 Å². The average molecular weight is 481 g/mol. The van der Waals surface area contributed by atoms with E-state index in [0.717, 1.165) is 30.3 Å². The molecule has 0 bridgehead atoms. The van der Waals surface area contributed by atoms with Crippen LogP contribution in [0, 0.1) is 0 Å². The normalized spacial score (nSPS) is 13.3. The second-order valence-corrected chi connectivity index (χ2v) is 8.62. The lowest BCUT2D eigenvalue weighted by molar-refractivity contribution is -0.116. The Morgan fingerprint density at radius 2 is 1.54 bits per heavy atom. The second-order valence-electron chi connectivity index (χ2n) is 8.62. The van der Waals surface area contributed by atoms with Crippen LogP contribution in [0.25, 0.3) is 11.0 Å². The van der Waals surface area contributed by atoms with Gasteiger partial charge in [0.15, 0.2) is 11.5 Å². The topological polar surface area (TPSA) is 94.8 Å². The average Bonchev–Trinajstić information content (AvgIpc) is 3.50. The number of aromatic nitrogens is 2. The van der Waals surface area contributed by atoms with Gasteiger partial charge in [0.2, 0.25) is 5.91 Å². The minimum Gasteiger partial charge on any atom is -0.493 e. The zero-order valence-electron chi connectivity index (χ0n) is 20.5. The highest BCUT2D eigenvalue weighted by Gasteiger charge is 2.25. The molecule has 0 aliphatic carbocycles. The number of likely N-dealkylation sites (tertiary alicyclic amines) is 1. The van der Waals surface area contributed by atoms with Crippen molar-refractivity contribution in [1.29, 1.82) is 0 Å². The number of imidazole rings is 1. The third-order valence-corrected chi connectivity index (χ3v) is 6.36. The molecule has 2 heterocycles. The smallest absolute Gasteiger partial charge is 0.329 e. The molecule has 0 unspecified atom stereocenters. The Hall–Kier alpha value is -3.75. The number of ether oxygens (including phenoxy) is 2. The molecule has 1 saturated heterocycles. The van der Waals surface area contributed by atoms with E-state index < -0.39 is 0 Å². The zero-order valence-corrected chi connectivity index (χ0v) is 20.5. The molecule has 1 aliphatic heterocycles. The molecule has 0 radical (unpaired) electrons. The van der Waals surface area contributed by atoms with Crippen molar-refractivity contribution in [2.24, 2.45) is 0 Å². The predicted octanol–water partition coefficient (Wildman–Crippen LogP) is 3.50. The van der Waals surface area contributed by atoms with Crippen LogP contribution in [0.2, 0.25) is 0 Å². The standard InChI is InChI=1S/C26H32N4O5/c1-4-12-29-20-9-5-6-10-21(20)30(26(29)33)15-11-24(31)27-19-17-23(35-3)22(34-2)16-18(19)25(32)28-13-7-8-14-28/h5-6,9-10,16-17H,4,7-8,11-15H2,1-3H3,(H,27,31). The summed E-state index contributed by atoms with van der Waals surface area (Å²) in [5.41, 5.74) is 2.25. The summed E-state index contributed by atoms with van der Waals surface area (Å²) in [6, 6.07) is 10.8. The Bertz CT molecular complexity index is 1290. The van der Waals surface area contributed by atoms with Crippen molar-refractivity contribution in [2.45, 2.75) is 45.7 Å². The summed E-state index contributed by atoms with van der Waals surface area (Å²) in [6.45, 7) is 4.24. The van der Waals surface area contributed by atoms with E-state index in [1.165, 1.54) is 14.2 Å². The number of benzene rings is 2. The lowest BCUT2D eigenvalue weighted by atomic mass is 10.1. The summed E-state index contributed by atoms with van der Waals surface area (Å²) in [5, 5.41) is 2.87. The number of fused-ring (bicyclic) bond motifs is 1. The molecular formula is C26H32N4O5. The summed E-state index contributed by atoms with van der Waals surface area (Å²) in [6.07, 6.45) is 2.83. The molecule has 2 amide bonds. The van der Waals surface area contributed by atoms with Gasteiger partial charge in [0.25, 0.3) is 5.91 Å². The number of carbonyl (C=O) groups excluding carboxylic acids is 2. The fourth-order valence-corrected chi connectivity index (χ4v) is 4.60. The molecule has 9 heteroatoms. The van der Waals surface area contributed by atoms with Crippen LogP contribution in [-0.4, -0.2) is 53.2 Å². The number of rotatable bonds is 9. The number of aryl methyl sites for hydroxylation is 2. The minimum absolute atomic E-state index is 0.0751. The van der Waals surface area contributed by atoms with Gasteiger partial charge in [-0.1, -0.05) is 19.1 Å². The van der Waals surface area contributed by atoms with E-state index in [2.05, 4.69) is 5.32 Å². The van der Waals surface area contributed by atoms with E-state index in [0.29, 0.717) is 42.4 Å². The number of hydrogen-bond donors (Lipinski definition) is 1. The van der Waals surface area contributed by atoms with Gasteiger partial charge in [-0.25, -0.2) is 4.79 Å². The maximum atomic E-state index is 13.2. The Balaban J connectivity index is 1.58. The molecule has 0 saturated carbocycles. The maximum absolute atomic E-state index is 13.2. The third kappa shape index (κ3) is 4.89. The van der Waals surface area contributed by atoms with Crippen LogP contribution in [0.4, 0.5) is 5.69 Å². The van der Waals surface area contributed by atoms with E-state index in [9.17, 15) is 14.4 Å². The van der Waals surface area contributed by atoms with E-state index in [-0.39, 0.29) is 30.5 Å². The van der Waals surface area contributed by atoms with Gasteiger partial charge in [0, 0.05) is 38.7 Å².